The largest absolute Gasteiger partial charge is 0.382 e. The van der Waals surface area contributed by atoms with E-state index in [1.165, 1.54) is 6.07 Å². The van der Waals surface area contributed by atoms with Gasteiger partial charge >= 0.3 is 0 Å². The zero-order valence-electron chi connectivity index (χ0n) is 12.2. The highest BCUT2D eigenvalue weighted by molar-refractivity contribution is 5.97. The normalized spacial score (nSPS) is 10.9. The number of hydrogen-bond acceptors (Lipinski definition) is 4. The third-order valence-electron chi connectivity index (χ3n) is 2.64. The van der Waals surface area contributed by atoms with Gasteiger partial charge in [-0.15, -0.1) is 0 Å². The Labute approximate surface area is 127 Å². The fraction of sp³-hybridized carbons (Fsp3) is 0.333. The minimum Gasteiger partial charge on any atom is -0.382 e. The monoisotopic (exact) mass is 309 g/mol. The Morgan fingerprint density at radius 2 is 2.09 bits per heavy atom. The molecule has 5 nitrogen and oxygen atoms in total. The van der Waals surface area contributed by atoms with Crippen molar-refractivity contribution in [1.29, 1.82) is 5.26 Å². The van der Waals surface area contributed by atoms with E-state index >= 15 is 0 Å². The molecule has 0 aromatic heterocycles. The topological polar surface area (TPSA) is 74.1 Å². The van der Waals surface area contributed by atoms with E-state index in [1.54, 1.807) is 6.07 Å². The van der Waals surface area contributed by atoms with Crippen molar-refractivity contribution in [2.75, 3.05) is 25.1 Å². The molecule has 0 aliphatic rings. The number of para-hydroxylation sites is 1. The molecular formula is C15H17F2N3O2. The van der Waals surface area contributed by atoms with E-state index in [2.05, 4.69) is 10.6 Å². The molecule has 1 amide bonds. The SMILES string of the molecule is CCOCCCNC(=O)/C(C#N)=C\Nc1c(F)cccc1F. The second-order valence-corrected chi connectivity index (χ2v) is 4.22. The number of hydrogen-bond donors (Lipinski definition) is 2. The Hall–Kier alpha value is -2.46. The first-order valence-corrected chi connectivity index (χ1v) is 6.77. The van der Waals surface area contributed by atoms with E-state index in [-0.39, 0.29) is 5.57 Å². The van der Waals surface area contributed by atoms with Crippen LogP contribution in [0.25, 0.3) is 0 Å². The summed E-state index contributed by atoms with van der Waals surface area (Å²) in [5, 5.41) is 13.7. The number of nitrogens with one attached hydrogen (secondary N) is 2. The van der Waals surface area contributed by atoms with Gasteiger partial charge in [-0.3, -0.25) is 4.79 Å². The second kappa shape index (κ2) is 9.47. The van der Waals surface area contributed by atoms with E-state index in [1.807, 2.05) is 6.92 Å². The fourth-order valence-corrected chi connectivity index (χ4v) is 1.54. The number of halogens is 2. The average molecular weight is 309 g/mol. The molecule has 0 unspecified atom stereocenters. The number of carbonyl (C=O) groups is 1. The van der Waals surface area contributed by atoms with E-state index < -0.39 is 23.2 Å². The minimum atomic E-state index is -0.814. The number of nitrogens with zero attached hydrogens (tertiary/aromatic N) is 1. The lowest BCUT2D eigenvalue weighted by atomic mass is 10.2. The first-order valence-electron chi connectivity index (χ1n) is 6.77. The third kappa shape index (κ3) is 5.50. The Balaban J connectivity index is 2.60. The van der Waals surface area contributed by atoms with E-state index in [0.717, 1.165) is 18.3 Å². The van der Waals surface area contributed by atoms with Gasteiger partial charge in [0, 0.05) is 26.0 Å². The highest BCUT2D eigenvalue weighted by Crippen LogP contribution is 2.18. The van der Waals surface area contributed by atoms with Crippen molar-refractivity contribution in [3.8, 4) is 6.07 Å². The molecule has 0 fully saturated rings. The molecule has 1 aromatic carbocycles. The number of anilines is 1. The fourth-order valence-electron chi connectivity index (χ4n) is 1.54. The highest BCUT2D eigenvalue weighted by Gasteiger charge is 2.10. The van der Waals surface area contributed by atoms with Gasteiger partial charge in [-0.2, -0.15) is 5.26 Å². The van der Waals surface area contributed by atoms with Crippen LogP contribution < -0.4 is 10.6 Å². The molecule has 118 valence electrons. The van der Waals surface area contributed by atoms with E-state index in [4.69, 9.17) is 10.00 Å². The summed E-state index contributed by atoms with van der Waals surface area (Å²) in [4.78, 5) is 11.7. The van der Waals surface area contributed by atoms with Crippen LogP contribution in [0.3, 0.4) is 0 Å². The van der Waals surface area contributed by atoms with Gasteiger partial charge in [-0.1, -0.05) is 6.07 Å². The molecule has 0 bridgehead atoms. The van der Waals surface area contributed by atoms with E-state index in [0.29, 0.717) is 26.2 Å². The minimum absolute atomic E-state index is 0.279. The van der Waals surface area contributed by atoms with Crippen molar-refractivity contribution in [2.24, 2.45) is 0 Å². The number of nitriles is 1. The molecule has 22 heavy (non-hydrogen) atoms. The van der Waals surface area contributed by atoms with Crippen LogP contribution in [0, 0.1) is 23.0 Å². The van der Waals surface area contributed by atoms with Gasteiger partial charge in [0.1, 0.15) is 29.0 Å². The first kappa shape index (κ1) is 17.6. The summed E-state index contributed by atoms with van der Waals surface area (Å²) < 4.78 is 31.9. The number of ether oxygens (including phenoxy) is 1. The zero-order chi connectivity index (χ0) is 16.4. The Bertz CT molecular complexity index is 562. The number of benzene rings is 1. The lowest BCUT2D eigenvalue weighted by Gasteiger charge is -2.06. The van der Waals surface area contributed by atoms with Gasteiger partial charge < -0.3 is 15.4 Å². The maximum absolute atomic E-state index is 13.4. The van der Waals surface area contributed by atoms with Crippen LogP contribution in [0.4, 0.5) is 14.5 Å². The molecular weight excluding hydrogens is 292 g/mol. The lowest BCUT2D eigenvalue weighted by Crippen LogP contribution is -2.26. The smallest absolute Gasteiger partial charge is 0.263 e. The molecule has 2 N–H and O–H groups in total. The Morgan fingerprint density at radius 1 is 1.41 bits per heavy atom. The molecule has 0 aliphatic carbocycles. The highest BCUT2D eigenvalue weighted by atomic mass is 19.1. The predicted molar refractivity (Wildman–Crippen MR) is 77.8 cm³/mol. The Kier molecular flexibility index (Phi) is 7.57. The van der Waals surface area contributed by atoms with Crippen molar-refractivity contribution in [1.82, 2.24) is 5.32 Å². The summed E-state index contributed by atoms with van der Waals surface area (Å²) in [6, 6.07) is 5.03. The van der Waals surface area contributed by atoms with Crippen LogP contribution in [0.2, 0.25) is 0 Å². The molecule has 1 aromatic rings. The molecule has 0 saturated carbocycles. The van der Waals surface area contributed by atoms with Crippen molar-refractivity contribution in [3.05, 3.63) is 41.6 Å². The average Bonchev–Trinajstić information content (AvgIpc) is 2.50. The summed E-state index contributed by atoms with van der Waals surface area (Å²) in [6.45, 7) is 3.30. The maximum Gasteiger partial charge on any atom is 0.263 e. The van der Waals surface area contributed by atoms with Gasteiger partial charge in [-0.25, -0.2) is 8.78 Å². The van der Waals surface area contributed by atoms with Gasteiger partial charge in [0.05, 0.1) is 0 Å². The van der Waals surface area contributed by atoms with Gasteiger partial charge in [0.25, 0.3) is 5.91 Å². The number of rotatable bonds is 8. The Morgan fingerprint density at radius 3 is 2.68 bits per heavy atom. The molecule has 0 saturated heterocycles. The van der Waals surface area contributed by atoms with Crippen LogP contribution in [0.1, 0.15) is 13.3 Å². The molecule has 7 heteroatoms. The lowest BCUT2D eigenvalue weighted by molar-refractivity contribution is -0.117. The third-order valence-corrected chi connectivity index (χ3v) is 2.64. The number of carbonyl (C=O) groups excluding carboxylic acids is 1. The van der Waals surface area contributed by atoms with Crippen LogP contribution in [-0.2, 0) is 9.53 Å². The van der Waals surface area contributed by atoms with Crippen LogP contribution in [0.15, 0.2) is 30.0 Å². The summed E-state index contributed by atoms with van der Waals surface area (Å²) in [6.07, 6.45) is 1.58. The summed E-state index contributed by atoms with van der Waals surface area (Å²) >= 11 is 0. The summed E-state index contributed by atoms with van der Waals surface area (Å²) in [7, 11) is 0. The van der Waals surface area contributed by atoms with Crippen molar-refractivity contribution in [2.45, 2.75) is 13.3 Å². The maximum atomic E-state index is 13.4. The summed E-state index contributed by atoms with van der Waals surface area (Å²) in [5.74, 6) is -2.25. The zero-order valence-corrected chi connectivity index (χ0v) is 12.2. The first-order chi connectivity index (χ1) is 10.6. The van der Waals surface area contributed by atoms with Gasteiger partial charge in [0.15, 0.2) is 0 Å². The van der Waals surface area contributed by atoms with Crippen LogP contribution >= 0.6 is 0 Å². The van der Waals surface area contributed by atoms with Crippen LogP contribution in [0.5, 0.6) is 0 Å². The molecule has 0 radical (unpaired) electrons. The van der Waals surface area contributed by atoms with E-state index in [9.17, 15) is 13.6 Å². The molecule has 0 spiro atoms. The van der Waals surface area contributed by atoms with Gasteiger partial charge in [-0.05, 0) is 25.5 Å². The molecule has 1 rings (SSSR count). The van der Waals surface area contributed by atoms with Gasteiger partial charge in [0.2, 0.25) is 0 Å². The molecule has 0 heterocycles. The molecule has 0 atom stereocenters. The number of amides is 1. The second-order valence-electron chi connectivity index (χ2n) is 4.22. The predicted octanol–water partition coefficient (Wildman–Crippen LogP) is 2.33. The molecule has 0 aliphatic heterocycles. The van der Waals surface area contributed by atoms with Crippen molar-refractivity contribution in [3.63, 3.8) is 0 Å². The van der Waals surface area contributed by atoms with Crippen LogP contribution in [-0.4, -0.2) is 25.7 Å². The van der Waals surface area contributed by atoms with Crippen molar-refractivity contribution >= 4 is 11.6 Å². The summed E-state index contributed by atoms with van der Waals surface area (Å²) in [5.41, 5.74) is -0.696. The van der Waals surface area contributed by atoms with Crippen molar-refractivity contribution < 1.29 is 18.3 Å². The quantitative estimate of drug-likeness (QED) is 0.439. The standard InChI is InChI=1S/C15H17F2N3O2/c1-2-22-8-4-7-19-15(21)11(9-18)10-20-14-12(16)5-3-6-13(14)17/h3,5-6,10,20H,2,4,7-8H2,1H3,(H,19,21)/b11-10-.